The van der Waals surface area contributed by atoms with Gasteiger partial charge in [-0.15, -0.1) is 0 Å². The summed E-state index contributed by atoms with van der Waals surface area (Å²) in [6.07, 6.45) is 4.78. The van der Waals surface area contributed by atoms with Crippen LogP contribution in [0.15, 0.2) is 12.4 Å². The Morgan fingerprint density at radius 1 is 1.28 bits per heavy atom. The van der Waals surface area contributed by atoms with E-state index in [1.165, 1.54) is 0 Å². The van der Waals surface area contributed by atoms with E-state index < -0.39 is 0 Å². The quantitative estimate of drug-likeness (QED) is 0.842. The summed E-state index contributed by atoms with van der Waals surface area (Å²) in [5.41, 5.74) is 1.09. The maximum atomic E-state index is 4.49. The average molecular weight is 250 g/mol. The summed E-state index contributed by atoms with van der Waals surface area (Å²) in [4.78, 5) is 11.1. The first-order chi connectivity index (χ1) is 8.36. The fraction of sp³-hybridized carbons (Fsp3) is 0.714. The molecule has 1 rings (SSSR count). The van der Waals surface area contributed by atoms with Crippen molar-refractivity contribution in [1.82, 2.24) is 15.3 Å². The third-order valence-electron chi connectivity index (χ3n) is 3.50. The normalized spacial score (nSPS) is 11.9. The molecular weight excluding hydrogens is 224 g/mol. The smallest absolute Gasteiger partial charge is 0.147 e. The Labute approximate surface area is 111 Å². The highest BCUT2D eigenvalue weighted by molar-refractivity contribution is 5.38. The highest BCUT2D eigenvalue weighted by Gasteiger charge is 2.22. The molecule has 1 N–H and O–H groups in total. The second kappa shape index (κ2) is 6.14. The Bertz CT molecular complexity index is 357. The monoisotopic (exact) mass is 250 g/mol. The van der Waals surface area contributed by atoms with Crippen LogP contribution < -0.4 is 10.2 Å². The molecule has 0 saturated carbocycles. The topological polar surface area (TPSA) is 41.1 Å². The van der Waals surface area contributed by atoms with Crippen molar-refractivity contribution in [2.75, 3.05) is 11.9 Å². The summed E-state index contributed by atoms with van der Waals surface area (Å²) in [6, 6.07) is 0.466. The molecule has 0 bridgehead atoms. The van der Waals surface area contributed by atoms with Crippen LogP contribution in [0.1, 0.15) is 46.7 Å². The molecule has 4 nitrogen and oxygen atoms in total. The summed E-state index contributed by atoms with van der Waals surface area (Å²) in [5.74, 6) is 0.926. The van der Waals surface area contributed by atoms with Gasteiger partial charge >= 0.3 is 0 Å². The van der Waals surface area contributed by atoms with E-state index in [1.54, 1.807) is 0 Å². The molecule has 0 fully saturated rings. The number of anilines is 1. The van der Waals surface area contributed by atoms with Gasteiger partial charge in [-0.3, -0.25) is 4.98 Å². The van der Waals surface area contributed by atoms with Gasteiger partial charge in [0, 0.05) is 25.2 Å². The molecule has 4 heteroatoms. The van der Waals surface area contributed by atoms with E-state index in [2.05, 4.69) is 61.9 Å². The van der Waals surface area contributed by atoms with Gasteiger partial charge in [-0.05, 0) is 20.3 Å². The van der Waals surface area contributed by atoms with Crippen LogP contribution in [0.25, 0.3) is 0 Å². The highest BCUT2D eigenvalue weighted by Crippen LogP contribution is 2.21. The van der Waals surface area contributed by atoms with Crippen LogP contribution in [-0.4, -0.2) is 28.6 Å². The Balaban J connectivity index is 2.70. The van der Waals surface area contributed by atoms with Crippen molar-refractivity contribution >= 4 is 5.82 Å². The molecule has 0 atom stereocenters. The molecule has 18 heavy (non-hydrogen) atoms. The van der Waals surface area contributed by atoms with Crippen molar-refractivity contribution in [2.24, 2.45) is 0 Å². The maximum absolute atomic E-state index is 4.49. The van der Waals surface area contributed by atoms with E-state index in [-0.39, 0.29) is 5.54 Å². The predicted octanol–water partition coefficient (Wildman–Crippen LogP) is 2.60. The van der Waals surface area contributed by atoms with Gasteiger partial charge in [0.05, 0.1) is 18.1 Å². The number of nitrogens with one attached hydrogen (secondary N) is 1. The fourth-order valence-electron chi connectivity index (χ4n) is 1.47. The molecule has 1 aromatic heterocycles. The third-order valence-corrected chi connectivity index (χ3v) is 3.50. The zero-order valence-corrected chi connectivity index (χ0v) is 12.5. The molecule has 0 aromatic carbocycles. The SMILES string of the molecule is CCC(C)(C)N(C)c1cnc(CNC(C)C)cn1. The van der Waals surface area contributed by atoms with Crippen LogP contribution in [0, 0.1) is 0 Å². The van der Waals surface area contributed by atoms with Gasteiger partial charge in [0.2, 0.25) is 0 Å². The van der Waals surface area contributed by atoms with E-state index in [0.29, 0.717) is 6.04 Å². The second-order valence-corrected chi connectivity index (χ2v) is 5.63. The fourth-order valence-corrected chi connectivity index (χ4v) is 1.47. The third kappa shape index (κ3) is 3.95. The Hall–Kier alpha value is -1.16. The first-order valence-electron chi connectivity index (χ1n) is 6.65. The van der Waals surface area contributed by atoms with Crippen LogP contribution >= 0.6 is 0 Å². The zero-order chi connectivity index (χ0) is 13.8. The number of rotatable bonds is 6. The zero-order valence-electron chi connectivity index (χ0n) is 12.5. The lowest BCUT2D eigenvalue weighted by Crippen LogP contribution is -2.41. The molecular formula is C14H26N4. The largest absolute Gasteiger partial charge is 0.353 e. The molecule has 1 aromatic rings. The second-order valence-electron chi connectivity index (χ2n) is 5.63. The average Bonchev–Trinajstić information content (AvgIpc) is 2.36. The number of aromatic nitrogens is 2. The van der Waals surface area contributed by atoms with Gasteiger partial charge in [-0.25, -0.2) is 4.98 Å². The molecule has 0 radical (unpaired) electrons. The minimum atomic E-state index is 0.104. The summed E-state index contributed by atoms with van der Waals surface area (Å²) in [6.45, 7) is 11.6. The standard InChI is InChI=1S/C14H26N4/c1-7-14(4,5)18(6)13-10-16-12(9-17-13)8-15-11(2)3/h9-11,15H,7-8H2,1-6H3. The lowest BCUT2D eigenvalue weighted by molar-refractivity contribution is 0.466. The number of nitrogens with zero attached hydrogens (tertiary/aromatic N) is 3. The van der Waals surface area contributed by atoms with Crippen LogP contribution in [-0.2, 0) is 6.54 Å². The van der Waals surface area contributed by atoms with Crippen LogP contribution in [0.4, 0.5) is 5.82 Å². The highest BCUT2D eigenvalue weighted by atomic mass is 15.2. The van der Waals surface area contributed by atoms with E-state index in [1.807, 2.05) is 12.4 Å². The van der Waals surface area contributed by atoms with Gasteiger partial charge in [0.15, 0.2) is 0 Å². The lowest BCUT2D eigenvalue weighted by Gasteiger charge is -2.35. The van der Waals surface area contributed by atoms with E-state index in [0.717, 1.165) is 24.5 Å². The predicted molar refractivity (Wildman–Crippen MR) is 76.8 cm³/mol. The van der Waals surface area contributed by atoms with Crippen molar-refractivity contribution in [3.63, 3.8) is 0 Å². The van der Waals surface area contributed by atoms with E-state index in [4.69, 9.17) is 0 Å². The van der Waals surface area contributed by atoms with E-state index >= 15 is 0 Å². The molecule has 0 aliphatic heterocycles. The van der Waals surface area contributed by atoms with Crippen molar-refractivity contribution in [3.05, 3.63) is 18.1 Å². The van der Waals surface area contributed by atoms with Crippen molar-refractivity contribution < 1.29 is 0 Å². The van der Waals surface area contributed by atoms with E-state index in [9.17, 15) is 0 Å². The lowest BCUT2D eigenvalue weighted by atomic mass is 10.0. The molecule has 0 aliphatic carbocycles. The van der Waals surface area contributed by atoms with Crippen LogP contribution in [0.3, 0.4) is 0 Å². The summed E-state index contributed by atoms with van der Waals surface area (Å²) in [7, 11) is 2.07. The van der Waals surface area contributed by atoms with Crippen molar-refractivity contribution in [2.45, 2.75) is 59.2 Å². The summed E-state index contributed by atoms with van der Waals surface area (Å²) in [5, 5.41) is 3.34. The molecule has 0 saturated heterocycles. The minimum Gasteiger partial charge on any atom is -0.353 e. The molecule has 0 unspecified atom stereocenters. The summed E-state index contributed by atoms with van der Waals surface area (Å²) >= 11 is 0. The first kappa shape index (κ1) is 14.9. The van der Waals surface area contributed by atoms with Crippen LogP contribution in [0.2, 0.25) is 0 Å². The van der Waals surface area contributed by atoms with Crippen LogP contribution in [0.5, 0.6) is 0 Å². The van der Waals surface area contributed by atoms with Gasteiger partial charge in [0.1, 0.15) is 5.82 Å². The number of hydrogen-bond donors (Lipinski definition) is 1. The van der Waals surface area contributed by atoms with Gasteiger partial charge < -0.3 is 10.2 Å². The van der Waals surface area contributed by atoms with Crippen molar-refractivity contribution in [1.29, 1.82) is 0 Å². The Morgan fingerprint density at radius 2 is 1.94 bits per heavy atom. The Kier molecular flexibility index (Phi) is 5.08. The molecule has 1 heterocycles. The molecule has 102 valence electrons. The van der Waals surface area contributed by atoms with Gasteiger partial charge in [0.25, 0.3) is 0 Å². The molecule has 0 amide bonds. The summed E-state index contributed by atoms with van der Waals surface area (Å²) < 4.78 is 0. The maximum Gasteiger partial charge on any atom is 0.147 e. The molecule has 0 spiro atoms. The number of hydrogen-bond acceptors (Lipinski definition) is 4. The minimum absolute atomic E-state index is 0.104. The first-order valence-corrected chi connectivity index (χ1v) is 6.65. The molecule has 0 aliphatic rings. The van der Waals surface area contributed by atoms with Gasteiger partial charge in [-0.2, -0.15) is 0 Å². The van der Waals surface area contributed by atoms with Crippen molar-refractivity contribution in [3.8, 4) is 0 Å². The Morgan fingerprint density at radius 3 is 2.39 bits per heavy atom. The van der Waals surface area contributed by atoms with Gasteiger partial charge in [-0.1, -0.05) is 20.8 Å².